The standard InChI is InChI=1S/C11H8F4O2/c1-17-10(16)5-3-7-2-4-8(6-9(7)12)11(13,14)15/h2-6H,1H3. The van der Waals surface area contributed by atoms with E-state index in [2.05, 4.69) is 4.74 Å². The van der Waals surface area contributed by atoms with Crippen molar-refractivity contribution in [2.75, 3.05) is 7.11 Å². The summed E-state index contributed by atoms with van der Waals surface area (Å²) in [5.41, 5.74) is -1.20. The van der Waals surface area contributed by atoms with Crippen LogP contribution in [0.15, 0.2) is 24.3 Å². The van der Waals surface area contributed by atoms with Crippen LogP contribution >= 0.6 is 0 Å². The maximum Gasteiger partial charge on any atom is 0.416 e. The van der Waals surface area contributed by atoms with Gasteiger partial charge >= 0.3 is 12.1 Å². The van der Waals surface area contributed by atoms with Crippen molar-refractivity contribution in [3.05, 3.63) is 41.2 Å². The number of alkyl halides is 3. The molecule has 1 aromatic rings. The summed E-state index contributed by atoms with van der Waals surface area (Å²) in [6, 6.07) is 2.05. The lowest BCUT2D eigenvalue weighted by molar-refractivity contribution is -0.138. The lowest BCUT2D eigenvalue weighted by atomic mass is 10.1. The fraction of sp³-hybridized carbons (Fsp3) is 0.182. The number of esters is 1. The van der Waals surface area contributed by atoms with Gasteiger partial charge in [0.25, 0.3) is 0 Å². The highest BCUT2D eigenvalue weighted by Crippen LogP contribution is 2.30. The van der Waals surface area contributed by atoms with E-state index in [4.69, 9.17) is 0 Å². The second-order valence-electron chi connectivity index (χ2n) is 3.09. The quantitative estimate of drug-likeness (QED) is 0.457. The van der Waals surface area contributed by atoms with E-state index in [0.29, 0.717) is 6.07 Å². The molecule has 0 N–H and O–H groups in total. The van der Waals surface area contributed by atoms with Crippen molar-refractivity contribution in [3.63, 3.8) is 0 Å². The van der Waals surface area contributed by atoms with Crippen LogP contribution in [0.5, 0.6) is 0 Å². The van der Waals surface area contributed by atoms with Gasteiger partial charge in [-0.25, -0.2) is 9.18 Å². The van der Waals surface area contributed by atoms with Gasteiger partial charge in [-0.2, -0.15) is 13.2 Å². The topological polar surface area (TPSA) is 26.3 Å². The van der Waals surface area contributed by atoms with Gasteiger partial charge in [-0.3, -0.25) is 0 Å². The molecule has 0 heterocycles. The van der Waals surface area contributed by atoms with Gasteiger partial charge in [0, 0.05) is 11.6 Å². The highest BCUT2D eigenvalue weighted by atomic mass is 19.4. The molecule has 0 fully saturated rings. The zero-order valence-corrected chi connectivity index (χ0v) is 8.72. The summed E-state index contributed by atoms with van der Waals surface area (Å²) in [4.78, 5) is 10.7. The predicted molar refractivity (Wildman–Crippen MR) is 52.5 cm³/mol. The van der Waals surface area contributed by atoms with Gasteiger partial charge in [0.15, 0.2) is 0 Å². The molecule has 0 amide bonds. The molecule has 0 spiro atoms. The Morgan fingerprint density at radius 3 is 2.47 bits per heavy atom. The first-order valence-electron chi connectivity index (χ1n) is 4.47. The van der Waals surface area contributed by atoms with E-state index in [1.807, 2.05) is 0 Å². The minimum Gasteiger partial charge on any atom is -0.466 e. The van der Waals surface area contributed by atoms with E-state index in [9.17, 15) is 22.4 Å². The third-order valence-electron chi connectivity index (χ3n) is 1.93. The third kappa shape index (κ3) is 3.58. The number of halogens is 4. The summed E-state index contributed by atoms with van der Waals surface area (Å²) in [6.07, 6.45) is -2.63. The van der Waals surface area contributed by atoms with Crippen LogP contribution in [0.3, 0.4) is 0 Å². The van der Waals surface area contributed by atoms with Gasteiger partial charge in [0.1, 0.15) is 5.82 Å². The summed E-state index contributed by atoms with van der Waals surface area (Å²) in [7, 11) is 1.13. The lowest BCUT2D eigenvalue weighted by Gasteiger charge is -2.07. The molecule has 0 aromatic heterocycles. The number of rotatable bonds is 2. The van der Waals surface area contributed by atoms with E-state index in [1.54, 1.807) is 0 Å². The SMILES string of the molecule is COC(=O)C=Cc1ccc(C(F)(F)F)cc1F. The molecule has 1 aromatic carbocycles. The van der Waals surface area contributed by atoms with Crippen LogP contribution in [0.4, 0.5) is 17.6 Å². The number of hydrogen-bond donors (Lipinski definition) is 0. The van der Waals surface area contributed by atoms with E-state index in [0.717, 1.165) is 31.4 Å². The number of hydrogen-bond acceptors (Lipinski definition) is 2. The minimum atomic E-state index is -4.59. The molecular weight excluding hydrogens is 240 g/mol. The smallest absolute Gasteiger partial charge is 0.416 e. The second kappa shape index (κ2) is 4.99. The Bertz CT molecular complexity index is 449. The fourth-order valence-corrected chi connectivity index (χ4v) is 1.06. The average Bonchev–Trinajstić information content (AvgIpc) is 2.25. The number of carbonyl (C=O) groups excluding carboxylic acids is 1. The average molecular weight is 248 g/mol. The van der Waals surface area contributed by atoms with Crippen molar-refractivity contribution in [1.82, 2.24) is 0 Å². The highest BCUT2D eigenvalue weighted by molar-refractivity contribution is 5.86. The van der Waals surface area contributed by atoms with Crippen LogP contribution in [0, 0.1) is 5.82 Å². The molecule has 0 unspecified atom stereocenters. The number of benzene rings is 1. The van der Waals surface area contributed by atoms with Crippen molar-refractivity contribution in [3.8, 4) is 0 Å². The molecule has 0 aliphatic rings. The van der Waals surface area contributed by atoms with Crippen LogP contribution in [-0.4, -0.2) is 13.1 Å². The van der Waals surface area contributed by atoms with Crippen molar-refractivity contribution in [2.45, 2.75) is 6.18 Å². The number of ether oxygens (including phenoxy) is 1. The largest absolute Gasteiger partial charge is 0.466 e. The summed E-state index contributed by atoms with van der Waals surface area (Å²) >= 11 is 0. The zero-order valence-electron chi connectivity index (χ0n) is 8.72. The van der Waals surface area contributed by atoms with Crippen LogP contribution in [-0.2, 0) is 15.7 Å². The van der Waals surface area contributed by atoms with Crippen molar-refractivity contribution in [1.29, 1.82) is 0 Å². The lowest BCUT2D eigenvalue weighted by Crippen LogP contribution is -2.05. The van der Waals surface area contributed by atoms with Gasteiger partial charge in [-0.05, 0) is 18.2 Å². The van der Waals surface area contributed by atoms with Crippen molar-refractivity contribution in [2.24, 2.45) is 0 Å². The molecule has 0 bridgehead atoms. The van der Waals surface area contributed by atoms with Gasteiger partial charge < -0.3 is 4.74 Å². The van der Waals surface area contributed by atoms with Gasteiger partial charge in [-0.15, -0.1) is 0 Å². The first-order chi connectivity index (χ1) is 7.84. The first kappa shape index (κ1) is 13.2. The number of methoxy groups -OCH3 is 1. The summed E-state index contributed by atoms with van der Waals surface area (Å²) in [6.45, 7) is 0. The van der Waals surface area contributed by atoms with Gasteiger partial charge in [0.2, 0.25) is 0 Å². The predicted octanol–water partition coefficient (Wildman–Crippen LogP) is 3.03. The normalized spacial score (nSPS) is 11.8. The highest BCUT2D eigenvalue weighted by Gasteiger charge is 2.30. The number of carbonyl (C=O) groups is 1. The summed E-state index contributed by atoms with van der Waals surface area (Å²) < 4.78 is 54.1. The van der Waals surface area contributed by atoms with Crippen LogP contribution in [0.2, 0.25) is 0 Å². The molecule has 0 aliphatic heterocycles. The Balaban J connectivity index is 2.99. The Morgan fingerprint density at radius 2 is 2.00 bits per heavy atom. The molecule has 0 saturated carbocycles. The molecular formula is C11H8F4O2. The Morgan fingerprint density at radius 1 is 1.35 bits per heavy atom. The van der Waals surface area contributed by atoms with E-state index >= 15 is 0 Å². The molecule has 0 aliphatic carbocycles. The van der Waals surface area contributed by atoms with Crippen molar-refractivity contribution >= 4 is 12.0 Å². The zero-order chi connectivity index (χ0) is 13.1. The molecule has 92 valence electrons. The van der Waals surface area contributed by atoms with Crippen LogP contribution in [0.25, 0.3) is 6.08 Å². The summed E-state index contributed by atoms with van der Waals surface area (Å²) in [5.74, 6) is -1.77. The summed E-state index contributed by atoms with van der Waals surface area (Å²) in [5, 5.41) is 0. The Kier molecular flexibility index (Phi) is 3.88. The first-order valence-corrected chi connectivity index (χ1v) is 4.47. The second-order valence-corrected chi connectivity index (χ2v) is 3.09. The molecule has 0 radical (unpaired) electrons. The van der Waals surface area contributed by atoms with Crippen molar-refractivity contribution < 1.29 is 27.1 Å². The maximum atomic E-state index is 13.2. The molecule has 0 atom stereocenters. The molecule has 1 rings (SSSR count). The molecule has 6 heteroatoms. The molecule has 2 nitrogen and oxygen atoms in total. The van der Waals surface area contributed by atoms with Gasteiger partial charge in [0.05, 0.1) is 12.7 Å². The maximum absolute atomic E-state index is 13.2. The fourth-order valence-electron chi connectivity index (χ4n) is 1.06. The van der Waals surface area contributed by atoms with Gasteiger partial charge in [-0.1, -0.05) is 6.07 Å². The minimum absolute atomic E-state index is 0.122. The van der Waals surface area contributed by atoms with Crippen LogP contribution in [0.1, 0.15) is 11.1 Å². The molecule has 17 heavy (non-hydrogen) atoms. The Hall–Kier alpha value is -1.85. The monoisotopic (exact) mass is 248 g/mol. The van der Waals surface area contributed by atoms with E-state index in [-0.39, 0.29) is 5.56 Å². The Labute approximate surface area is 94.5 Å². The molecule has 0 saturated heterocycles. The van der Waals surface area contributed by atoms with E-state index in [1.165, 1.54) is 0 Å². The van der Waals surface area contributed by atoms with E-state index < -0.39 is 23.5 Å². The third-order valence-corrected chi connectivity index (χ3v) is 1.93. The van der Waals surface area contributed by atoms with Crippen LogP contribution < -0.4 is 0 Å².